The number of rotatable bonds is 1. The highest BCUT2D eigenvalue weighted by atomic mass is 16.5. The smallest absolute Gasteiger partial charge is 0.302 e. The molecule has 3 saturated carbocycles. The Morgan fingerprint density at radius 1 is 1.13 bits per heavy atom. The largest absolute Gasteiger partial charge is 0.462 e. The van der Waals surface area contributed by atoms with Gasteiger partial charge in [-0.3, -0.25) is 4.79 Å². The molecule has 2 nitrogen and oxygen atoms in total. The molecule has 2 heteroatoms. The number of hydrogen-bond acceptors (Lipinski definition) is 2. The van der Waals surface area contributed by atoms with E-state index in [0.717, 1.165) is 24.2 Å². The Balaban J connectivity index is 1.62. The molecule has 0 aliphatic heterocycles. The van der Waals surface area contributed by atoms with Gasteiger partial charge >= 0.3 is 5.97 Å². The van der Waals surface area contributed by atoms with E-state index >= 15 is 0 Å². The molecule has 0 spiro atoms. The maximum atomic E-state index is 11.5. The fourth-order valence-corrected chi connectivity index (χ4v) is 7.04. The molecule has 0 aromatic carbocycles. The molecular formula is C21H32O2. The molecule has 0 radical (unpaired) electrons. The number of carbonyl (C=O) groups excluding carboxylic acids is 1. The highest BCUT2D eigenvalue weighted by Gasteiger charge is 2.59. The molecule has 4 rings (SSSR count). The summed E-state index contributed by atoms with van der Waals surface area (Å²) in [5, 5.41) is 0. The van der Waals surface area contributed by atoms with Crippen LogP contribution in [0.1, 0.15) is 78.6 Å². The lowest BCUT2D eigenvalue weighted by atomic mass is 9.48. The van der Waals surface area contributed by atoms with Crippen LogP contribution in [0.4, 0.5) is 0 Å². The summed E-state index contributed by atoms with van der Waals surface area (Å²) in [5.41, 5.74) is 2.48. The molecule has 3 fully saturated rings. The zero-order chi connectivity index (χ0) is 16.2. The van der Waals surface area contributed by atoms with Crippen molar-refractivity contribution in [2.24, 2.45) is 28.6 Å². The topological polar surface area (TPSA) is 26.3 Å². The first-order valence-electron chi connectivity index (χ1n) is 9.82. The number of hydrogen-bond donors (Lipinski definition) is 0. The zero-order valence-corrected chi connectivity index (χ0v) is 15.1. The van der Waals surface area contributed by atoms with Crippen LogP contribution < -0.4 is 0 Å². The second kappa shape index (κ2) is 5.36. The van der Waals surface area contributed by atoms with E-state index in [1.165, 1.54) is 51.4 Å². The molecule has 23 heavy (non-hydrogen) atoms. The van der Waals surface area contributed by atoms with Gasteiger partial charge in [0.1, 0.15) is 6.10 Å². The first-order valence-corrected chi connectivity index (χ1v) is 9.82. The van der Waals surface area contributed by atoms with Crippen molar-refractivity contribution in [3.05, 3.63) is 11.6 Å². The average molecular weight is 316 g/mol. The maximum Gasteiger partial charge on any atom is 0.302 e. The summed E-state index contributed by atoms with van der Waals surface area (Å²) in [6.07, 6.45) is 14.5. The van der Waals surface area contributed by atoms with Gasteiger partial charge in [0.25, 0.3) is 0 Å². The quantitative estimate of drug-likeness (QED) is 0.486. The highest BCUT2D eigenvalue weighted by Crippen LogP contribution is 2.65. The van der Waals surface area contributed by atoms with Crippen LogP contribution in [0.3, 0.4) is 0 Å². The second-order valence-electron chi connectivity index (χ2n) is 9.19. The number of allylic oxidation sites excluding steroid dienone is 2. The van der Waals surface area contributed by atoms with Crippen LogP contribution in [-0.2, 0) is 9.53 Å². The van der Waals surface area contributed by atoms with E-state index in [4.69, 9.17) is 4.74 Å². The summed E-state index contributed by atoms with van der Waals surface area (Å²) in [7, 11) is 0. The monoisotopic (exact) mass is 316 g/mol. The molecule has 0 aromatic rings. The minimum atomic E-state index is -0.0935. The van der Waals surface area contributed by atoms with Crippen LogP contribution in [0.5, 0.6) is 0 Å². The van der Waals surface area contributed by atoms with Gasteiger partial charge < -0.3 is 4.74 Å². The summed E-state index contributed by atoms with van der Waals surface area (Å²) in [5.74, 6) is 2.35. The third kappa shape index (κ3) is 2.23. The van der Waals surface area contributed by atoms with E-state index in [1.54, 1.807) is 12.5 Å². The van der Waals surface area contributed by atoms with Crippen molar-refractivity contribution in [2.45, 2.75) is 84.7 Å². The van der Waals surface area contributed by atoms with Gasteiger partial charge in [0.15, 0.2) is 0 Å². The van der Waals surface area contributed by atoms with Crippen LogP contribution in [0.25, 0.3) is 0 Å². The third-order valence-electron chi connectivity index (χ3n) is 8.24. The summed E-state index contributed by atoms with van der Waals surface area (Å²) >= 11 is 0. The Morgan fingerprint density at radius 2 is 1.96 bits per heavy atom. The van der Waals surface area contributed by atoms with Crippen LogP contribution in [0, 0.1) is 28.6 Å². The van der Waals surface area contributed by atoms with E-state index in [9.17, 15) is 4.79 Å². The molecule has 128 valence electrons. The summed E-state index contributed by atoms with van der Waals surface area (Å²) in [6.45, 7) is 6.55. The zero-order valence-electron chi connectivity index (χ0n) is 15.1. The second-order valence-corrected chi connectivity index (χ2v) is 9.19. The molecule has 6 atom stereocenters. The first kappa shape index (κ1) is 15.7. The summed E-state index contributed by atoms with van der Waals surface area (Å²) in [6, 6.07) is 0. The van der Waals surface area contributed by atoms with Crippen LogP contribution in [0.15, 0.2) is 11.6 Å². The minimum Gasteiger partial charge on any atom is -0.462 e. The van der Waals surface area contributed by atoms with Crippen molar-refractivity contribution < 1.29 is 9.53 Å². The molecule has 0 bridgehead atoms. The highest BCUT2D eigenvalue weighted by molar-refractivity contribution is 5.66. The lowest BCUT2D eigenvalue weighted by Crippen LogP contribution is -2.50. The summed E-state index contributed by atoms with van der Waals surface area (Å²) in [4.78, 5) is 11.5. The van der Waals surface area contributed by atoms with Gasteiger partial charge in [-0.25, -0.2) is 0 Å². The van der Waals surface area contributed by atoms with Crippen molar-refractivity contribution in [2.75, 3.05) is 0 Å². The lowest BCUT2D eigenvalue weighted by Gasteiger charge is -2.57. The Labute approximate surface area is 141 Å². The van der Waals surface area contributed by atoms with E-state index < -0.39 is 0 Å². The van der Waals surface area contributed by atoms with E-state index in [2.05, 4.69) is 19.9 Å². The van der Waals surface area contributed by atoms with E-state index in [1.807, 2.05) is 0 Å². The number of carbonyl (C=O) groups is 1. The Kier molecular flexibility index (Phi) is 3.66. The molecule has 4 aliphatic rings. The lowest BCUT2D eigenvalue weighted by molar-refractivity contribution is -0.156. The van der Waals surface area contributed by atoms with Crippen molar-refractivity contribution in [1.82, 2.24) is 0 Å². The predicted molar refractivity (Wildman–Crippen MR) is 91.9 cm³/mol. The van der Waals surface area contributed by atoms with E-state index in [-0.39, 0.29) is 17.5 Å². The molecule has 4 aliphatic carbocycles. The van der Waals surface area contributed by atoms with Crippen LogP contribution in [0.2, 0.25) is 0 Å². The first-order chi connectivity index (χ1) is 10.9. The standard InChI is InChI=1S/C21H32O2/c1-14(22)23-19-10-9-17-16-8-7-15-6-4-5-12-20(15,2)18(16)11-13-21(17,19)3/h7,16-19H,4-6,8-13H2,1-3H3. The maximum absolute atomic E-state index is 11.5. The number of ether oxygens (including phenoxy) is 1. The van der Waals surface area contributed by atoms with Crippen molar-refractivity contribution in [3.8, 4) is 0 Å². The minimum absolute atomic E-state index is 0.0935. The van der Waals surface area contributed by atoms with Gasteiger partial charge in [0, 0.05) is 12.3 Å². The Bertz CT molecular complexity index is 536. The predicted octanol–water partition coefficient (Wildman–Crippen LogP) is 5.27. The van der Waals surface area contributed by atoms with Crippen molar-refractivity contribution in [3.63, 3.8) is 0 Å². The van der Waals surface area contributed by atoms with Gasteiger partial charge in [-0.15, -0.1) is 0 Å². The fraction of sp³-hybridized carbons (Fsp3) is 0.857. The van der Waals surface area contributed by atoms with Gasteiger partial charge in [-0.2, -0.15) is 0 Å². The van der Waals surface area contributed by atoms with Gasteiger partial charge in [0.2, 0.25) is 0 Å². The summed E-state index contributed by atoms with van der Waals surface area (Å²) < 4.78 is 5.74. The van der Waals surface area contributed by atoms with E-state index in [0.29, 0.717) is 5.41 Å². The number of esters is 1. The Morgan fingerprint density at radius 3 is 2.74 bits per heavy atom. The van der Waals surface area contributed by atoms with Gasteiger partial charge in [0.05, 0.1) is 0 Å². The normalized spacial score (nSPS) is 48.7. The third-order valence-corrected chi connectivity index (χ3v) is 8.24. The van der Waals surface area contributed by atoms with Gasteiger partial charge in [-0.05, 0) is 74.5 Å². The molecule has 0 aromatic heterocycles. The SMILES string of the molecule is CC(=O)OC1CCC2C3CC=C4CCCCC4(C)C3CCC12C. The van der Waals surface area contributed by atoms with Crippen LogP contribution in [-0.4, -0.2) is 12.1 Å². The molecule has 6 unspecified atom stereocenters. The molecule has 0 heterocycles. The van der Waals surface area contributed by atoms with Crippen molar-refractivity contribution >= 4 is 5.97 Å². The van der Waals surface area contributed by atoms with Crippen LogP contribution >= 0.6 is 0 Å². The fourth-order valence-electron chi connectivity index (χ4n) is 7.04. The van der Waals surface area contributed by atoms with Gasteiger partial charge in [-0.1, -0.05) is 31.9 Å². The Hall–Kier alpha value is -0.790. The molecule has 0 N–H and O–H groups in total. The molecular weight excluding hydrogens is 284 g/mol. The average Bonchev–Trinajstić information content (AvgIpc) is 2.83. The molecule has 0 amide bonds. The number of fused-ring (bicyclic) bond motifs is 5. The van der Waals surface area contributed by atoms with Crippen molar-refractivity contribution in [1.29, 1.82) is 0 Å². The molecule has 0 saturated heterocycles.